The molecule has 0 amide bonds. The van der Waals surface area contributed by atoms with E-state index in [1.165, 1.54) is 12.1 Å². The molecule has 92 valence electrons. The number of hydrogen-bond acceptors (Lipinski definition) is 5. The first-order valence-corrected chi connectivity index (χ1v) is 5.41. The van der Waals surface area contributed by atoms with Gasteiger partial charge in [0.15, 0.2) is 0 Å². The molecular formula is C14H10N4O. The SMILES string of the molecule is N#Cc1ccc(Oc2ccc(N)cc2N)cc1C#N. The highest BCUT2D eigenvalue weighted by atomic mass is 16.5. The van der Waals surface area contributed by atoms with Gasteiger partial charge in [-0.2, -0.15) is 10.5 Å². The van der Waals surface area contributed by atoms with E-state index < -0.39 is 0 Å². The maximum Gasteiger partial charge on any atom is 0.150 e. The molecule has 0 spiro atoms. The Labute approximate surface area is 110 Å². The normalized spacial score (nSPS) is 9.37. The summed E-state index contributed by atoms with van der Waals surface area (Å²) in [6, 6.07) is 13.4. The second-order valence-corrected chi connectivity index (χ2v) is 3.83. The monoisotopic (exact) mass is 250 g/mol. The van der Waals surface area contributed by atoms with Gasteiger partial charge in [0.25, 0.3) is 0 Å². The molecule has 2 aromatic rings. The molecule has 0 unspecified atom stereocenters. The van der Waals surface area contributed by atoms with Crippen LogP contribution in [0.5, 0.6) is 11.5 Å². The van der Waals surface area contributed by atoms with Gasteiger partial charge in [-0.15, -0.1) is 0 Å². The number of nitrogen functional groups attached to an aromatic ring is 2. The van der Waals surface area contributed by atoms with Crippen molar-refractivity contribution < 1.29 is 4.74 Å². The van der Waals surface area contributed by atoms with Crippen LogP contribution in [-0.4, -0.2) is 0 Å². The molecule has 0 fully saturated rings. The van der Waals surface area contributed by atoms with Crippen molar-refractivity contribution in [3.8, 4) is 23.6 Å². The van der Waals surface area contributed by atoms with Gasteiger partial charge in [-0.05, 0) is 36.4 Å². The lowest BCUT2D eigenvalue weighted by atomic mass is 10.1. The van der Waals surface area contributed by atoms with Crippen molar-refractivity contribution >= 4 is 11.4 Å². The highest BCUT2D eigenvalue weighted by molar-refractivity contribution is 5.61. The van der Waals surface area contributed by atoms with E-state index in [1.807, 2.05) is 12.1 Å². The molecule has 0 aromatic heterocycles. The summed E-state index contributed by atoms with van der Waals surface area (Å²) in [6.07, 6.45) is 0. The second kappa shape index (κ2) is 4.99. The maximum absolute atomic E-state index is 8.93. The number of nitriles is 2. The Morgan fingerprint density at radius 2 is 1.63 bits per heavy atom. The molecule has 5 nitrogen and oxygen atoms in total. The lowest BCUT2D eigenvalue weighted by molar-refractivity contribution is 0.485. The molecule has 0 radical (unpaired) electrons. The largest absolute Gasteiger partial charge is 0.455 e. The van der Waals surface area contributed by atoms with Crippen LogP contribution in [0.2, 0.25) is 0 Å². The summed E-state index contributed by atoms with van der Waals surface area (Å²) in [7, 11) is 0. The van der Waals surface area contributed by atoms with Crippen LogP contribution >= 0.6 is 0 Å². The summed E-state index contributed by atoms with van der Waals surface area (Å²) in [5, 5.41) is 17.8. The van der Waals surface area contributed by atoms with Gasteiger partial charge in [0.1, 0.15) is 23.6 Å². The topological polar surface area (TPSA) is 109 Å². The summed E-state index contributed by atoms with van der Waals surface area (Å²) in [6.45, 7) is 0. The van der Waals surface area contributed by atoms with Gasteiger partial charge in [0.05, 0.1) is 16.8 Å². The number of nitrogens with two attached hydrogens (primary N) is 2. The highest BCUT2D eigenvalue weighted by Gasteiger charge is 2.06. The summed E-state index contributed by atoms with van der Waals surface area (Å²) in [5.41, 5.74) is 12.9. The van der Waals surface area contributed by atoms with E-state index >= 15 is 0 Å². The summed E-state index contributed by atoms with van der Waals surface area (Å²) < 4.78 is 5.57. The van der Waals surface area contributed by atoms with Gasteiger partial charge >= 0.3 is 0 Å². The Balaban J connectivity index is 2.34. The molecule has 0 aliphatic carbocycles. The average molecular weight is 250 g/mol. The summed E-state index contributed by atoms with van der Waals surface area (Å²) in [4.78, 5) is 0. The fourth-order valence-corrected chi connectivity index (χ4v) is 1.56. The van der Waals surface area contributed by atoms with Crippen LogP contribution in [0, 0.1) is 22.7 Å². The van der Waals surface area contributed by atoms with E-state index in [9.17, 15) is 0 Å². The van der Waals surface area contributed by atoms with Crippen molar-refractivity contribution in [2.24, 2.45) is 0 Å². The quantitative estimate of drug-likeness (QED) is 0.795. The fourth-order valence-electron chi connectivity index (χ4n) is 1.56. The van der Waals surface area contributed by atoms with E-state index in [0.29, 0.717) is 28.4 Å². The van der Waals surface area contributed by atoms with Gasteiger partial charge in [-0.1, -0.05) is 0 Å². The lowest BCUT2D eigenvalue weighted by Gasteiger charge is -2.09. The van der Waals surface area contributed by atoms with Crippen LogP contribution in [0.3, 0.4) is 0 Å². The van der Waals surface area contributed by atoms with Crippen LogP contribution in [-0.2, 0) is 0 Å². The number of anilines is 2. The van der Waals surface area contributed by atoms with Crippen molar-refractivity contribution in [3.05, 3.63) is 47.5 Å². The standard InChI is InChI=1S/C14H10N4O/c15-7-9-1-3-12(5-10(9)8-16)19-14-4-2-11(17)6-13(14)18/h1-6H,17-18H2. The second-order valence-electron chi connectivity index (χ2n) is 3.83. The molecule has 0 aliphatic rings. The zero-order valence-electron chi connectivity index (χ0n) is 9.92. The molecule has 0 bridgehead atoms. The third-order valence-corrected chi connectivity index (χ3v) is 2.49. The number of ether oxygens (including phenoxy) is 1. The van der Waals surface area contributed by atoms with E-state index in [0.717, 1.165) is 0 Å². The predicted molar refractivity (Wildman–Crippen MR) is 71.2 cm³/mol. The average Bonchev–Trinajstić information content (AvgIpc) is 2.41. The molecule has 0 heterocycles. The molecule has 0 saturated heterocycles. The number of benzene rings is 2. The number of hydrogen-bond donors (Lipinski definition) is 2. The van der Waals surface area contributed by atoms with Crippen molar-refractivity contribution in [2.75, 3.05) is 11.5 Å². The first-order chi connectivity index (χ1) is 9.13. The molecule has 4 N–H and O–H groups in total. The molecular weight excluding hydrogens is 240 g/mol. The van der Waals surface area contributed by atoms with Gasteiger partial charge < -0.3 is 16.2 Å². The summed E-state index contributed by atoms with van der Waals surface area (Å²) >= 11 is 0. The van der Waals surface area contributed by atoms with E-state index in [4.69, 9.17) is 26.7 Å². The maximum atomic E-state index is 8.93. The number of rotatable bonds is 2. The molecule has 5 heteroatoms. The Morgan fingerprint density at radius 1 is 0.895 bits per heavy atom. The molecule has 0 aliphatic heterocycles. The Hall–Kier alpha value is -3.18. The van der Waals surface area contributed by atoms with Gasteiger partial charge in [0.2, 0.25) is 0 Å². The Kier molecular flexibility index (Phi) is 3.22. The first kappa shape index (κ1) is 12.3. The van der Waals surface area contributed by atoms with Crippen molar-refractivity contribution in [1.82, 2.24) is 0 Å². The van der Waals surface area contributed by atoms with Gasteiger partial charge in [0, 0.05) is 5.69 Å². The first-order valence-electron chi connectivity index (χ1n) is 5.41. The predicted octanol–water partition coefficient (Wildman–Crippen LogP) is 2.39. The van der Waals surface area contributed by atoms with Gasteiger partial charge in [-0.25, -0.2) is 0 Å². The molecule has 19 heavy (non-hydrogen) atoms. The zero-order chi connectivity index (χ0) is 13.8. The molecule has 0 atom stereocenters. The van der Waals surface area contributed by atoms with Crippen LogP contribution < -0.4 is 16.2 Å². The van der Waals surface area contributed by atoms with Crippen molar-refractivity contribution in [1.29, 1.82) is 10.5 Å². The molecule has 2 aromatic carbocycles. The van der Waals surface area contributed by atoms with Crippen LogP contribution in [0.25, 0.3) is 0 Å². The fraction of sp³-hybridized carbons (Fsp3) is 0. The highest BCUT2D eigenvalue weighted by Crippen LogP contribution is 2.29. The molecule has 2 rings (SSSR count). The third kappa shape index (κ3) is 2.56. The van der Waals surface area contributed by atoms with Crippen LogP contribution in [0.15, 0.2) is 36.4 Å². The van der Waals surface area contributed by atoms with Crippen LogP contribution in [0.4, 0.5) is 11.4 Å². The smallest absolute Gasteiger partial charge is 0.150 e. The van der Waals surface area contributed by atoms with Crippen molar-refractivity contribution in [3.63, 3.8) is 0 Å². The minimum atomic E-state index is 0.258. The van der Waals surface area contributed by atoms with Crippen molar-refractivity contribution in [2.45, 2.75) is 0 Å². The lowest BCUT2D eigenvalue weighted by Crippen LogP contribution is -1.95. The third-order valence-electron chi connectivity index (χ3n) is 2.49. The molecule has 0 saturated carbocycles. The van der Waals surface area contributed by atoms with E-state index in [-0.39, 0.29) is 5.56 Å². The number of nitrogens with zero attached hydrogens (tertiary/aromatic N) is 2. The minimum absolute atomic E-state index is 0.258. The summed E-state index contributed by atoms with van der Waals surface area (Å²) in [5.74, 6) is 0.884. The minimum Gasteiger partial charge on any atom is -0.455 e. The Morgan fingerprint density at radius 3 is 2.26 bits per heavy atom. The van der Waals surface area contributed by atoms with E-state index in [2.05, 4.69) is 0 Å². The Bertz CT molecular complexity index is 710. The van der Waals surface area contributed by atoms with Crippen LogP contribution in [0.1, 0.15) is 11.1 Å². The zero-order valence-corrected chi connectivity index (χ0v) is 9.92. The van der Waals surface area contributed by atoms with Gasteiger partial charge in [-0.3, -0.25) is 0 Å². The van der Waals surface area contributed by atoms with E-state index in [1.54, 1.807) is 24.3 Å².